The molecule has 2 aliphatic heterocycles. The maximum Gasteiger partial charge on any atom is 0.312 e. The van der Waals surface area contributed by atoms with Crippen molar-refractivity contribution in [3.63, 3.8) is 0 Å². The lowest BCUT2D eigenvalue weighted by Gasteiger charge is -2.32. The first-order valence-corrected chi connectivity index (χ1v) is 6.79. The summed E-state index contributed by atoms with van der Waals surface area (Å²) in [6.45, 7) is 2.38. The van der Waals surface area contributed by atoms with Gasteiger partial charge in [-0.3, -0.25) is 4.79 Å². The number of likely N-dealkylation sites (tertiary alicyclic amines) is 1. The molecule has 7 nitrogen and oxygen atoms in total. The summed E-state index contributed by atoms with van der Waals surface area (Å²) in [6, 6.07) is -0.571. The molecule has 3 amide bonds. The lowest BCUT2D eigenvalue weighted by Crippen LogP contribution is -2.54. The van der Waals surface area contributed by atoms with E-state index in [1.165, 1.54) is 0 Å². The third kappa shape index (κ3) is 2.66. The molecule has 2 saturated heterocycles. The number of carbonyl (C=O) groups excluding carboxylic acids is 2. The Morgan fingerprint density at radius 1 is 1.42 bits per heavy atom. The average molecular weight is 268 g/mol. The Labute approximate surface area is 111 Å². The fourth-order valence-corrected chi connectivity index (χ4v) is 2.79. The van der Waals surface area contributed by atoms with Crippen LogP contribution in [0.5, 0.6) is 0 Å². The molecule has 106 valence electrons. The summed E-state index contributed by atoms with van der Waals surface area (Å²) in [7, 11) is 0. The fraction of sp³-hybridized carbons (Fsp3) is 0.833. The molecule has 3 fully saturated rings. The second-order valence-electron chi connectivity index (χ2n) is 5.74. The summed E-state index contributed by atoms with van der Waals surface area (Å²) in [4.78, 5) is 24.8. The molecule has 1 saturated carbocycles. The standard InChI is InChI=1S/C12H20N4O3/c13-11(18)15-8-1-4-16(6-8)10(17)9-5-14-12(2-3-12)7-19-9/h8-9,14H,1-7H2,(H3,13,15,18). The summed E-state index contributed by atoms with van der Waals surface area (Å²) in [5.74, 6) is 0.0109. The molecule has 4 N–H and O–H groups in total. The van der Waals surface area contributed by atoms with Crippen molar-refractivity contribution in [3.8, 4) is 0 Å². The van der Waals surface area contributed by atoms with Crippen molar-refractivity contribution in [3.05, 3.63) is 0 Å². The smallest absolute Gasteiger partial charge is 0.312 e. The lowest BCUT2D eigenvalue weighted by molar-refractivity contribution is -0.146. The molecule has 1 aliphatic carbocycles. The number of hydrogen-bond donors (Lipinski definition) is 3. The Balaban J connectivity index is 1.49. The predicted octanol–water partition coefficient (Wildman–Crippen LogP) is -1.22. The van der Waals surface area contributed by atoms with E-state index in [0.29, 0.717) is 26.2 Å². The second-order valence-corrected chi connectivity index (χ2v) is 5.74. The van der Waals surface area contributed by atoms with E-state index in [4.69, 9.17) is 10.5 Å². The highest BCUT2D eigenvalue weighted by atomic mass is 16.5. The quantitative estimate of drug-likeness (QED) is 0.584. The molecular weight excluding hydrogens is 248 g/mol. The summed E-state index contributed by atoms with van der Waals surface area (Å²) in [6.07, 6.45) is 2.64. The number of morpholine rings is 1. The van der Waals surface area contributed by atoms with Gasteiger partial charge in [0.05, 0.1) is 6.61 Å². The van der Waals surface area contributed by atoms with Crippen LogP contribution in [-0.4, -0.2) is 60.8 Å². The normalized spacial score (nSPS) is 32.3. The molecule has 2 unspecified atom stereocenters. The summed E-state index contributed by atoms with van der Waals surface area (Å²) in [5.41, 5.74) is 5.25. The van der Waals surface area contributed by atoms with Gasteiger partial charge in [-0.15, -0.1) is 0 Å². The van der Waals surface area contributed by atoms with E-state index < -0.39 is 12.1 Å². The summed E-state index contributed by atoms with van der Waals surface area (Å²) in [5, 5.41) is 6.05. The lowest BCUT2D eigenvalue weighted by atomic mass is 10.2. The second kappa shape index (κ2) is 4.64. The van der Waals surface area contributed by atoms with E-state index in [1.54, 1.807) is 4.90 Å². The number of ether oxygens (including phenoxy) is 1. The highest BCUT2D eigenvalue weighted by molar-refractivity contribution is 5.82. The Bertz CT molecular complexity index is 386. The molecule has 2 heterocycles. The molecule has 0 bridgehead atoms. The molecule has 3 rings (SSSR count). The van der Waals surface area contributed by atoms with Gasteiger partial charge in [0.15, 0.2) is 0 Å². The van der Waals surface area contributed by atoms with Crippen LogP contribution >= 0.6 is 0 Å². The molecule has 3 aliphatic rings. The molecule has 0 aromatic heterocycles. The van der Waals surface area contributed by atoms with Gasteiger partial charge in [-0.2, -0.15) is 0 Å². The molecule has 1 spiro atoms. The predicted molar refractivity (Wildman–Crippen MR) is 67.4 cm³/mol. The molecule has 19 heavy (non-hydrogen) atoms. The summed E-state index contributed by atoms with van der Waals surface area (Å²) < 4.78 is 5.68. The minimum atomic E-state index is -0.537. The van der Waals surface area contributed by atoms with Crippen molar-refractivity contribution in [2.45, 2.75) is 36.9 Å². The molecule has 7 heteroatoms. The van der Waals surface area contributed by atoms with Crippen LogP contribution in [0, 0.1) is 0 Å². The van der Waals surface area contributed by atoms with Crippen molar-refractivity contribution >= 4 is 11.9 Å². The highest BCUT2D eigenvalue weighted by Gasteiger charge is 2.47. The van der Waals surface area contributed by atoms with Crippen molar-refractivity contribution < 1.29 is 14.3 Å². The molecular formula is C12H20N4O3. The summed E-state index contributed by atoms with van der Waals surface area (Å²) >= 11 is 0. The maximum atomic E-state index is 12.3. The topological polar surface area (TPSA) is 96.7 Å². The van der Waals surface area contributed by atoms with Crippen molar-refractivity contribution in [2.24, 2.45) is 5.73 Å². The van der Waals surface area contributed by atoms with Gasteiger partial charge in [-0.1, -0.05) is 0 Å². The third-order valence-electron chi connectivity index (χ3n) is 4.20. The Morgan fingerprint density at radius 2 is 2.21 bits per heavy atom. The monoisotopic (exact) mass is 268 g/mol. The van der Waals surface area contributed by atoms with Gasteiger partial charge in [-0.05, 0) is 19.3 Å². The van der Waals surface area contributed by atoms with Gasteiger partial charge in [0.2, 0.25) is 0 Å². The Kier molecular flexibility index (Phi) is 3.10. The van der Waals surface area contributed by atoms with Crippen molar-refractivity contribution in [1.29, 1.82) is 0 Å². The number of carbonyl (C=O) groups is 2. The molecule has 2 atom stereocenters. The van der Waals surface area contributed by atoms with Gasteiger partial charge in [0, 0.05) is 31.2 Å². The van der Waals surface area contributed by atoms with Gasteiger partial charge in [-0.25, -0.2) is 4.79 Å². The highest BCUT2D eigenvalue weighted by Crippen LogP contribution is 2.37. The van der Waals surface area contributed by atoms with Crippen LogP contribution in [0.2, 0.25) is 0 Å². The van der Waals surface area contributed by atoms with Crippen LogP contribution in [0.1, 0.15) is 19.3 Å². The van der Waals surface area contributed by atoms with Gasteiger partial charge >= 0.3 is 6.03 Å². The van der Waals surface area contributed by atoms with E-state index in [2.05, 4.69) is 10.6 Å². The number of primary amides is 1. The number of nitrogens with two attached hydrogens (primary N) is 1. The molecule has 0 aromatic rings. The number of nitrogens with one attached hydrogen (secondary N) is 2. The minimum absolute atomic E-state index is 0.0109. The molecule has 0 radical (unpaired) electrons. The first-order chi connectivity index (χ1) is 9.08. The van der Waals surface area contributed by atoms with Crippen LogP contribution in [0.15, 0.2) is 0 Å². The van der Waals surface area contributed by atoms with Gasteiger partial charge in [0.1, 0.15) is 6.10 Å². The fourth-order valence-electron chi connectivity index (χ4n) is 2.79. The SMILES string of the molecule is NC(=O)NC1CCN(C(=O)C2CNC3(CC3)CO2)C1. The van der Waals surface area contributed by atoms with Crippen LogP contribution in [0.25, 0.3) is 0 Å². The number of nitrogens with zero attached hydrogens (tertiary/aromatic N) is 1. The van der Waals surface area contributed by atoms with Crippen molar-refractivity contribution in [2.75, 3.05) is 26.2 Å². The minimum Gasteiger partial charge on any atom is -0.365 e. The first-order valence-electron chi connectivity index (χ1n) is 6.79. The van der Waals surface area contributed by atoms with Gasteiger partial charge in [0.25, 0.3) is 5.91 Å². The zero-order valence-corrected chi connectivity index (χ0v) is 10.9. The van der Waals surface area contributed by atoms with E-state index in [9.17, 15) is 9.59 Å². The average Bonchev–Trinajstić information content (AvgIpc) is 2.97. The van der Waals surface area contributed by atoms with Crippen LogP contribution in [0.3, 0.4) is 0 Å². The number of amides is 3. The third-order valence-corrected chi connectivity index (χ3v) is 4.20. The number of urea groups is 1. The van der Waals surface area contributed by atoms with E-state index in [0.717, 1.165) is 19.3 Å². The van der Waals surface area contributed by atoms with E-state index in [-0.39, 0.29) is 17.5 Å². The van der Waals surface area contributed by atoms with Crippen LogP contribution in [-0.2, 0) is 9.53 Å². The number of hydrogen-bond acceptors (Lipinski definition) is 4. The molecule has 0 aromatic carbocycles. The Hall–Kier alpha value is -1.34. The largest absolute Gasteiger partial charge is 0.365 e. The number of rotatable bonds is 2. The van der Waals surface area contributed by atoms with Crippen LogP contribution in [0.4, 0.5) is 4.79 Å². The van der Waals surface area contributed by atoms with E-state index >= 15 is 0 Å². The first kappa shape index (κ1) is 12.7. The van der Waals surface area contributed by atoms with E-state index in [1.807, 2.05) is 0 Å². The maximum absolute atomic E-state index is 12.3. The van der Waals surface area contributed by atoms with Gasteiger partial charge < -0.3 is 26.0 Å². The zero-order chi connectivity index (χ0) is 13.5. The van der Waals surface area contributed by atoms with Crippen LogP contribution < -0.4 is 16.4 Å². The Morgan fingerprint density at radius 3 is 2.79 bits per heavy atom. The zero-order valence-electron chi connectivity index (χ0n) is 10.9. The van der Waals surface area contributed by atoms with Crippen molar-refractivity contribution in [1.82, 2.24) is 15.5 Å².